The normalized spacial score (nSPS) is 10.5. The predicted molar refractivity (Wildman–Crippen MR) is 101 cm³/mol. The first-order chi connectivity index (χ1) is 12.1. The van der Waals surface area contributed by atoms with Crippen molar-refractivity contribution < 1.29 is 0 Å². The van der Waals surface area contributed by atoms with E-state index in [0.29, 0.717) is 11.0 Å². The first kappa shape index (κ1) is 17.1. The maximum atomic E-state index is 6.15. The molecule has 128 valence electrons. The molecule has 3 rings (SSSR count). The highest BCUT2D eigenvalue weighted by atomic mass is 35.5. The lowest BCUT2D eigenvalue weighted by Crippen LogP contribution is -2.22. The van der Waals surface area contributed by atoms with Crippen LogP contribution in [0.25, 0.3) is 0 Å². The number of aryl methyl sites for hydroxylation is 1. The molecule has 25 heavy (non-hydrogen) atoms. The molecule has 0 unspecified atom stereocenters. The van der Waals surface area contributed by atoms with Crippen LogP contribution in [0, 0.1) is 6.92 Å². The summed E-state index contributed by atoms with van der Waals surface area (Å²) in [5.41, 5.74) is 3.08. The van der Waals surface area contributed by atoms with Gasteiger partial charge in [0.2, 0.25) is 5.95 Å². The summed E-state index contributed by atoms with van der Waals surface area (Å²) < 4.78 is 0. The minimum atomic E-state index is 0.438. The van der Waals surface area contributed by atoms with Gasteiger partial charge in [0.1, 0.15) is 0 Å². The highest BCUT2D eigenvalue weighted by Crippen LogP contribution is 2.22. The number of hydrogen-bond acceptors (Lipinski definition) is 6. The first-order valence-corrected chi connectivity index (χ1v) is 8.32. The molecule has 0 saturated heterocycles. The summed E-state index contributed by atoms with van der Waals surface area (Å²) in [6.45, 7) is 2.78. The second-order valence-corrected chi connectivity index (χ2v) is 6.16. The second kappa shape index (κ2) is 7.90. The zero-order valence-electron chi connectivity index (χ0n) is 14.1. The molecule has 0 atom stereocenters. The summed E-state index contributed by atoms with van der Waals surface area (Å²) >= 11 is 6.15. The number of hydrogen-bond donors (Lipinski definition) is 1. The van der Waals surface area contributed by atoms with Crippen molar-refractivity contribution in [2.24, 2.45) is 0 Å². The number of halogens is 1. The lowest BCUT2D eigenvalue weighted by atomic mass is 10.2. The second-order valence-electron chi connectivity index (χ2n) is 5.75. The van der Waals surface area contributed by atoms with Crippen LogP contribution in [0.1, 0.15) is 11.1 Å². The van der Waals surface area contributed by atoms with Gasteiger partial charge in [-0.25, -0.2) is 0 Å². The fourth-order valence-electron chi connectivity index (χ4n) is 2.29. The standard InChI is InChI=1S/C18H19ClN6/c1-13-3-4-15(11-16(13)19)22-18-23-17(12-21-24-18)25(2)10-7-14-5-8-20-9-6-14/h3-6,8-9,11-12H,7,10H2,1-2H3,(H,22,23,24). The zero-order valence-corrected chi connectivity index (χ0v) is 14.9. The third kappa shape index (κ3) is 4.64. The molecule has 0 amide bonds. The molecule has 0 aliphatic heterocycles. The van der Waals surface area contributed by atoms with Gasteiger partial charge in [-0.3, -0.25) is 4.98 Å². The van der Waals surface area contributed by atoms with E-state index in [4.69, 9.17) is 11.6 Å². The monoisotopic (exact) mass is 354 g/mol. The van der Waals surface area contributed by atoms with Crippen molar-refractivity contribution in [3.8, 4) is 0 Å². The molecule has 0 saturated carbocycles. The first-order valence-electron chi connectivity index (χ1n) is 7.95. The quantitative estimate of drug-likeness (QED) is 0.728. The summed E-state index contributed by atoms with van der Waals surface area (Å²) in [6.07, 6.45) is 6.16. The smallest absolute Gasteiger partial charge is 0.249 e. The van der Waals surface area contributed by atoms with Gasteiger partial charge in [0.15, 0.2) is 5.82 Å². The number of anilines is 3. The van der Waals surface area contributed by atoms with Gasteiger partial charge in [0.25, 0.3) is 0 Å². The Morgan fingerprint density at radius 2 is 1.96 bits per heavy atom. The van der Waals surface area contributed by atoms with Crippen LogP contribution in [-0.2, 0) is 6.42 Å². The Morgan fingerprint density at radius 1 is 1.16 bits per heavy atom. The Labute approximate surface area is 151 Å². The minimum Gasteiger partial charge on any atom is -0.358 e. The molecule has 0 fully saturated rings. The van der Waals surface area contributed by atoms with E-state index in [-0.39, 0.29) is 0 Å². The maximum absolute atomic E-state index is 6.15. The summed E-state index contributed by atoms with van der Waals surface area (Å²) in [6, 6.07) is 9.76. The van der Waals surface area contributed by atoms with Crippen LogP contribution in [-0.4, -0.2) is 33.8 Å². The van der Waals surface area contributed by atoms with Gasteiger partial charge in [-0.1, -0.05) is 17.7 Å². The Morgan fingerprint density at radius 3 is 2.72 bits per heavy atom. The summed E-state index contributed by atoms with van der Waals surface area (Å²) in [4.78, 5) is 10.6. The van der Waals surface area contributed by atoms with Crippen molar-refractivity contribution in [2.45, 2.75) is 13.3 Å². The molecule has 0 aliphatic rings. The number of rotatable bonds is 6. The minimum absolute atomic E-state index is 0.438. The molecule has 1 N–H and O–H groups in total. The Bertz CT molecular complexity index is 840. The van der Waals surface area contributed by atoms with Gasteiger partial charge < -0.3 is 10.2 Å². The van der Waals surface area contributed by atoms with Crippen molar-refractivity contribution in [1.29, 1.82) is 0 Å². The van der Waals surface area contributed by atoms with Gasteiger partial charge in [-0.2, -0.15) is 10.1 Å². The third-order valence-electron chi connectivity index (χ3n) is 3.85. The summed E-state index contributed by atoms with van der Waals surface area (Å²) in [5, 5.41) is 11.9. The third-order valence-corrected chi connectivity index (χ3v) is 4.26. The molecule has 1 aromatic carbocycles. The van der Waals surface area contributed by atoms with E-state index in [1.165, 1.54) is 5.56 Å². The molecular formula is C18H19ClN6. The van der Waals surface area contributed by atoms with Crippen LogP contribution < -0.4 is 10.2 Å². The van der Waals surface area contributed by atoms with E-state index in [1.54, 1.807) is 18.6 Å². The van der Waals surface area contributed by atoms with Crippen molar-refractivity contribution in [3.63, 3.8) is 0 Å². The van der Waals surface area contributed by atoms with Gasteiger partial charge in [-0.15, -0.1) is 5.10 Å². The average Bonchev–Trinajstić information content (AvgIpc) is 2.64. The largest absolute Gasteiger partial charge is 0.358 e. The molecule has 0 aliphatic carbocycles. The van der Waals surface area contributed by atoms with E-state index < -0.39 is 0 Å². The predicted octanol–water partition coefficient (Wildman–Crippen LogP) is 3.65. The van der Waals surface area contributed by atoms with Crippen molar-refractivity contribution in [3.05, 3.63) is 65.1 Å². The molecule has 0 radical (unpaired) electrons. The number of likely N-dealkylation sites (N-methyl/N-ethyl adjacent to an activating group) is 1. The lowest BCUT2D eigenvalue weighted by Gasteiger charge is -2.18. The maximum Gasteiger partial charge on any atom is 0.249 e. The van der Waals surface area contributed by atoms with Crippen LogP contribution in [0.2, 0.25) is 5.02 Å². The average molecular weight is 355 g/mol. The van der Waals surface area contributed by atoms with Crippen molar-refractivity contribution >= 4 is 29.1 Å². The van der Waals surface area contributed by atoms with E-state index in [2.05, 4.69) is 25.5 Å². The molecule has 7 heteroatoms. The summed E-state index contributed by atoms with van der Waals surface area (Å²) in [5.74, 6) is 1.19. The number of pyridine rings is 1. The van der Waals surface area contributed by atoms with Gasteiger partial charge >= 0.3 is 0 Å². The Balaban J connectivity index is 1.66. The number of nitrogens with one attached hydrogen (secondary N) is 1. The van der Waals surface area contributed by atoms with E-state index in [0.717, 1.165) is 30.0 Å². The highest BCUT2D eigenvalue weighted by molar-refractivity contribution is 6.31. The van der Waals surface area contributed by atoms with Gasteiger partial charge in [0.05, 0.1) is 6.20 Å². The molecule has 2 heterocycles. The van der Waals surface area contributed by atoms with E-state index >= 15 is 0 Å². The molecular weight excluding hydrogens is 336 g/mol. The molecule has 0 bridgehead atoms. The number of nitrogens with zero attached hydrogens (tertiary/aromatic N) is 5. The van der Waals surface area contributed by atoms with Gasteiger partial charge in [0, 0.05) is 36.7 Å². The Kier molecular flexibility index (Phi) is 5.40. The molecule has 2 aromatic heterocycles. The topological polar surface area (TPSA) is 66.8 Å². The Hall–Kier alpha value is -2.73. The van der Waals surface area contributed by atoms with Crippen molar-refractivity contribution in [2.75, 3.05) is 23.8 Å². The SMILES string of the molecule is Cc1ccc(Nc2nncc(N(C)CCc3ccncc3)n2)cc1Cl. The lowest BCUT2D eigenvalue weighted by molar-refractivity contribution is 0.840. The van der Waals surface area contributed by atoms with Crippen LogP contribution in [0.3, 0.4) is 0 Å². The molecule has 3 aromatic rings. The molecule has 6 nitrogen and oxygen atoms in total. The number of benzene rings is 1. The van der Waals surface area contributed by atoms with Crippen LogP contribution in [0.15, 0.2) is 48.9 Å². The number of aromatic nitrogens is 4. The van der Waals surface area contributed by atoms with E-state index in [9.17, 15) is 0 Å². The fourth-order valence-corrected chi connectivity index (χ4v) is 2.47. The fraction of sp³-hybridized carbons (Fsp3) is 0.222. The van der Waals surface area contributed by atoms with Crippen molar-refractivity contribution in [1.82, 2.24) is 20.2 Å². The van der Waals surface area contributed by atoms with E-state index in [1.807, 2.05) is 49.2 Å². The van der Waals surface area contributed by atoms with Gasteiger partial charge in [-0.05, 0) is 48.7 Å². The van der Waals surface area contributed by atoms with Crippen LogP contribution in [0.5, 0.6) is 0 Å². The zero-order chi connectivity index (χ0) is 17.6. The van der Waals surface area contributed by atoms with Crippen LogP contribution >= 0.6 is 11.6 Å². The molecule has 0 spiro atoms. The highest BCUT2D eigenvalue weighted by Gasteiger charge is 2.07. The van der Waals surface area contributed by atoms with Crippen LogP contribution in [0.4, 0.5) is 17.5 Å². The summed E-state index contributed by atoms with van der Waals surface area (Å²) in [7, 11) is 1.98.